The van der Waals surface area contributed by atoms with Crippen molar-refractivity contribution in [3.8, 4) is 5.75 Å². The second-order valence-corrected chi connectivity index (χ2v) is 4.38. The highest BCUT2D eigenvalue weighted by molar-refractivity contribution is 7.18. The van der Waals surface area contributed by atoms with Gasteiger partial charge in [0.2, 0.25) is 0 Å². The topological polar surface area (TPSA) is 9.23 Å². The van der Waals surface area contributed by atoms with E-state index in [4.69, 9.17) is 4.74 Å². The molecule has 0 saturated heterocycles. The molecule has 0 atom stereocenters. The lowest BCUT2D eigenvalue weighted by Gasteiger charge is -2.06. The molecule has 2 heteroatoms. The molecule has 3 rings (SSSR count). The summed E-state index contributed by atoms with van der Waals surface area (Å²) in [5.41, 5.74) is 0. The van der Waals surface area contributed by atoms with Gasteiger partial charge in [0.05, 0.1) is 7.11 Å². The highest BCUT2D eigenvalue weighted by atomic mass is 32.1. The third-order valence-corrected chi connectivity index (χ3v) is 3.60. The summed E-state index contributed by atoms with van der Waals surface area (Å²) in [7, 11) is 1.72. The van der Waals surface area contributed by atoms with Crippen LogP contribution in [0.2, 0.25) is 0 Å². The summed E-state index contributed by atoms with van der Waals surface area (Å²) in [6, 6.07) is 12.6. The van der Waals surface area contributed by atoms with Crippen LogP contribution in [0.4, 0.5) is 0 Å². The Morgan fingerprint density at radius 3 is 2.67 bits per heavy atom. The molecule has 0 aliphatic rings. The summed E-state index contributed by atoms with van der Waals surface area (Å²) in [4.78, 5) is 0. The SMILES string of the molecule is COc1cc2ccsc2c2ccccc12. The van der Waals surface area contributed by atoms with Crippen molar-refractivity contribution in [1.82, 2.24) is 0 Å². The van der Waals surface area contributed by atoms with Crippen molar-refractivity contribution in [2.75, 3.05) is 7.11 Å². The average Bonchev–Trinajstić information content (AvgIpc) is 2.76. The summed E-state index contributed by atoms with van der Waals surface area (Å²) in [6.07, 6.45) is 0. The van der Waals surface area contributed by atoms with Crippen LogP contribution in [0.5, 0.6) is 5.75 Å². The Bertz CT molecular complexity index is 625. The van der Waals surface area contributed by atoms with Gasteiger partial charge in [-0.2, -0.15) is 0 Å². The maximum atomic E-state index is 5.41. The van der Waals surface area contributed by atoms with Gasteiger partial charge >= 0.3 is 0 Å². The van der Waals surface area contributed by atoms with E-state index in [1.54, 1.807) is 18.4 Å². The zero-order valence-electron chi connectivity index (χ0n) is 8.36. The van der Waals surface area contributed by atoms with Crippen molar-refractivity contribution in [1.29, 1.82) is 0 Å². The van der Waals surface area contributed by atoms with E-state index in [-0.39, 0.29) is 0 Å². The van der Waals surface area contributed by atoms with Gasteiger partial charge in [0.1, 0.15) is 5.75 Å². The van der Waals surface area contributed by atoms with E-state index in [2.05, 4.69) is 35.7 Å². The maximum absolute atomic E-state index is 5.41. The van der Waals surface area contributed by atoms with Crippen LogP contribution in [-0.2, 0) is 0 Å². The predicted octanol–water partition coefficient (Wildman–Crippen LogP) is 4.06. The van der Waals surface area contributed by atoms with Gasteiger partial charge in [-0.3, -0.25) is 0 Å². The van der Waals surface area contributed by atoms with Crippen LogP contribution >= 0.6 is 11.3 Å². The van der Waals surface area contributed by atoms with Crippen LogP contribution in [-0.4, -0.2) is 7.11 Å². The normalized spacial score (nSPS) is 11.0. The second-order valence-electron chi connectivity index (χ2n) is 3.46. The number of fused-ring (bicyclic) bond motifs is 3. The number of ether oxygens (including phenoxy) is 1. The molecule has 1 nitrogen and oxygen atoms in total. The fourth-order valence-corrected chi connectivity index (χ4v) is 2.85. The van der Waals surface area contributed by atoms with E-state index < -0.39 is 0 Å². The molecule has 15 heavy (non-hydrogen) atoms. The van der Waals surface area contributed by atoms with Gasteiger partial charge in [-0.15, -0.1) is 11.3 Å². The van der Waals surface area contributed by atoms with E-state index in [9.17, 15) is 0 Å². The van der Waals surface area contributed by atoms with Gasteiger partial charge in [-0.1, -0.05) is 24.3 Å². The maximum Gasteiger partial charge on any atom is 0.127 e. The molecule has 0 spiro atoms. The van der Waals surface area contributed by atoms with Gasteiger partial charge in [-0.05, 0) is 22.9 Å². The minimum Gasteiger partial charge on any atom is -0.496 e. The van der Waals surface area contributed by atoms with E-state index in [1.165, 1.54) is 20.9 Å². The van der Waals surface area contributed by atoms with E-state index in [0.717, 1.165) is 5.75 Å². The van der Waals surface area contributed by atoms with Crippen molar-refractivity contribution >= 4 is 32.2 Å². The number of rotatable bonds is 1. The summed E-state index contributed by atoms with van der Waals surface area (Å²) in [5, 5.41) is 5.85. The van der Waals surface area contributed by atoms with Crippen LogP contribution in [0.25, 0.3) is 20.9 Å². The van der Waals surface area contributed by atoms with Crippen LogP contribution < -0.4 is 4.74 Å². The average molecular weight is 214 g/mol. The molecule has 1 heterocycles. The molecule has 0 bridgehead atoms. The minimum absolute atomic E-state index is 0.955. The molecule has 0 unspecified atom stereocenters. The Labute approximate surface area is 91.9 Å². The van der Waals surface area contributed by atoms with Gasteiger partial charge in [0.25, 0.3) is 0 Å². The summed E-state index contributed by atoms with van der Waals surface area (Å²) in [6.45, 7) is 0. The third kappa shape index (κ3) is 1.22. The summed E-state index contributed by atoms with van der Waals surface area (Å²) >= 11 is 1.78. The van der Waals surface area contributed by atoms with Crippen LogP contribution in [0, 0.1) is 0 Å². The zero-order chi connectivity index (χ0) is 10.3. The third-order valence-electron chi connectivity index (χ3n) is 2.64. The Kier molecular flexibility index (Phi) is 1.89. The van der Waals surface area contributed by atoms with Gasteiger partial charge in [0, 0.05) is 15.5 Å². The molecule has 74 valence electrons. The number of thiophene rings is 1. The molecule has 1 aromatic heterocycles. The lowest BCUT2D eigenvalue weighted by molar-refractivity contribution is 0.420. The van der Waals surface area contributed by atoms with Gasteiger partial charge in [-0.25, -0.2) is 0 Å². The highest BCUT2D eigenvalue weighted by Crippen LogP contribution is 2.35. The second kappa shape index (κ2) is 3.24. The molecule has 3 aromatic rings. The van der Waals surface area contributed by atoms with Crippen LogP contribution in [0.15, 0.2) is 41.8 Å². The Morgan fingerprint density at radius 1 is 1.07 bits per heavy atom. The molecule has 0 aliphatic carbocycles. The number of methoxy groups -OCH3 is 1. The molecular formula is C13H10OS. The van der Waals surface area contributed by atoms with Crippen molar-refractivity contribution in [2.24, 2.45) is 0 Å². The lowest BCUT2D eigenvalue weighted by Crippen LogP contribution is -1.84. The minimum atomic E-state index is 0.955. The Hall–Kier alpha value is -1.54. The van der Waals surface area contributed by atoms with Crippen molar-refractivity contribution in [3.05, 3.63) is 41.8 Å². The van der Waals surface area contributed by atoms with Crippen molar-refractivity contribution in [3.63, 3.8) is 0 Å². The Morgan fingerprint density at radius 2 is 1.87 bits per heavy atom. The van der Waals surface area contributed by atoms with Crippen LogP contribution in [0.3, 0.4) is 0 Å². The highest BCUT2D eigenvalue weighted by Gasteiger charge is 2.06. The molecule has 0 saturated carbocycles. The quantitative estimate of drug-likeness (QED) is 0.593. The zero-order valence-corrected chi connectivity index (χ0v) is 9.17. The number of hydrogen-bond acceptors (Lipinski definition) is 2. The number of benzene rings is 2. The van der Waals surface area contributed by atoms with E-state index in [1.807, 2.05) is 6.07 Å². The molecule has 0 fully saturated rings. The first-order valence-electron chi connectivity index (χ1n) is 4.83. The molecular weight excluding hydrogens is 204 g/mol. The first kappa shape index (κ1) is 8.74. The number of hydrogen-bond donors (Lipinski definition) is 0. The Balaban J connectivity index is 2.58. The smallest absolute Gasteiger partial charge is 0.127 e. The monoisotopic (exact) mass is 214 g/mol. The predicted molar refractivity (Wildman–Crippen MR) is 65.9 cm³/mol. The fourth-order valence-electron chi connectivity index (χ4n) is 1.94. The van der Waals surface area contributed by atoms with Gasteiger partial charge in [0.15, 0.2) is 0 Å². The standard InChI is InChI=1S/C13H10OS/c1-14-12-8-9-6-7-15-13(9)11-5-3-2-4-10(11)12/h2-8H,1H3. The lowest BCUT2D eigenvalue weighted by atomic mass is 10.1. The molecule has 0 aliphatic heterocycles. The summed E-state index contributed by atoms with van der Waals surface area (Å²) < 4.78 is 6.75. The molecule has 0 N–H and O–H groups in total. The van der Waals surface area contributed by atoms with Crippen molar-refractivity contribution < 1.29 is 4.74 Å². The van der Waals surface area contributed by atoms with Crippen molar-refractivity contribution in [2.45, 2.75) is 0 Å². The van der Waals surface area contributed by atoms with E-state index >= 15 is 0 Å². The van der Waals surface area contributed by atoms with Gasteiger partial charge < -0.3 is 4.74 Å². The fraction of sp³-hybridized carbons (Fsp3) is 0.0769. The first-order chi connectivity index (χ1) is 7.40. The first-order valence-corrected chi connectivity index (χ1v) is 5.71. The van der Waals surface area contributed by atoms with E-state index in [0.29, 0.717) is 0 Å². The van der Waals surface area contributed by atoms with Crippen LogP contribution in [0.1, 0.15) is 0 Å². The molecule has 0 amide bonds. The molecule has 2 aromatic carbocycles. The summed E-state index contributed by atoms with van der Waals surface area (Å²) in [5.74, 6) is 0.955. The molecule has 0 radical (unpaired) electrons. The largest absolute Gasteiger partial charge is 0.496 e.